The molecule has 0 bridgehead atoms. The van der Waals surface area contributed by atoms with E-state index in [0.29, 0.717) is 11.3 Å². The Bertz CT molecular complexity index is 403. The summed E-state index contributed by atoms with van der Waals surface area (Å²) in [6.07, 6.45) is 0. The molecule has 0 aliphatic rings. The van der Waals surface area contributed by atoms with Crippen LogP contribution in [0.15, 0.2) is 18.2 Å². The maximum absolute atomic E-state index is 10.5. The number of carbonyl (C=O) groups is 1. The number of rotatable bonds is 4. The molecule has 0 aromatic heterocycles. The monoisotopic (exact) mass is 210 g/mol. The molecular weight excluding hydrogens is 200 g/mol. The zero-order valence-corrected chi connectivity index (χ0v) is 8.06. The highest BCUT2D eigenvalue weighted by molar-refractivity contribution is 5.73. The van der Waals surface area contributed by atoms with Gasteiger partial charge < -0.3 is 10.4 Å². The van der Waals surface area contributed by atoms with Crippen LogP contribution in [0, 0.1) is 17.0 Å². The largest absolute Gasteiger partial charge is 0.480 e. The summed E-state index contributed by atoms with van der Waals surface area (Å²) in [6.45, 7) is 1.44. The summed E-state index contributed by atoms with van der Waals surface area (Å²) < 4.78 is 0. The molecule has 2 N–H and O–H groups in total. The molecule has 0 fully saturated rings. The third kappa shape index (κ3) is 3.26. The van der Waals surface area contributed by atoms with Crippen molar-refractivity contribution in [1.29, 1.82) is 0 Å². The number of nitrogens with zero attached hydrogens (tertiary/aromatic N) is 1. The van der Waals surface area contributed by atoms with Gasteiger partial charge in [-0.05, 0) is 18.6 Å². The summed E-state index contributed by atoms with van der Waals surface area (Å²) in [5.41, 5.74) is 1.09. The van der Waals surface area contributed by atoms with E-state index in [1.165, 1.54) is 12.1 Å². The molecular formula is C9H10N2O4. The third-order valence-electron chi connectivity index (χ3n) is 1.72. The minimum absolute atomic E-state index is 0.0529. The van der Waals surface area contributed by atoms with E-state index in [1.807, 2.05) is 0 Å². The van der Waals surface area contributed by atoms with Gasteiger partial charge in [-0.15, -0.1) is 0 Å². The number of non-ortho nitro benzene ring substituents is 1. The lowest BCUT2D eigenvalue weighted by molar-refractivity contribution is -0.384. The first-order chi connectivity index (χ1) is 6.99. The van der Waals surface area contributed by atoms with Crippen molar-refractivity contribution >= 4 is 17.3 Å². The van der Waals surface area contributed by atoms with Crippen LogP contribution in [0.3, 0.4) is 0 Å². The van der Waals surface area contributed by atoms with E-state index in [1.54, 1.807) is 13.0 Å². The molecule has 0 unspecified atom stereocenters. The second-order valence-electron chi connectivity index (χ2n) is 3.06. The van der Waals surface area contributed by atoms with Crippen LogP contribution in [0.1, 0.15) is 5.56 Å². The molecule has 6 nitrogen and oxygen atoms in total. The Labute approximate surface area is 85.7 Å². The summed E-state index contributed by atoms with van der Waals surface area (Å²) in [7, 11) is 0. The van der Waals surface area contributed by atoms with Crippen LogP contribution >= 0.6 is 0 Å². The summed E-state index contributed by atoms with van der Waals surface area (Å²) >= 11 is 0. The van der Waals surface area contributed by atoms with Crippen LogP contribution in [0.2, 0.25) is 0 Å². The Morgan fingerprint density at radius 2 is 2.20 bits per heavy atom. The fraction of sp³-hybridized carbons (Fsp3) is 0.222. The van der Waals surface area contributed by atoms with Gasteiger partial charge in [-0.25, -0.2) is 0 Å². The molecule has 0 atom stereocenters. The fourth-order valence-electron chi connectivity index (χ4n) is 1.15. The number of carboxylic acids is 1. The van der Waals surface area contributed by atoms with Crippen molar-refractivity contribution in [3.8, 4) is 0 Å². The Balaban J connectivity index is 2.88. The number of anilines is 1. The van der Waals surface area contributed by atoms with Gasteiger partial charge in [-0.3, -0.25) is 14.9 Å². The molecule has 0 radical (unpaired) electrons. The van der Waals surface area contributed by atoms with Crippen molar-refractivity contribution in [1.82, 2.24) is 0 Å². The number of benzene rings is 1. The second-order valence-corrected chi connectivity index (χ2v) is 3.06. The van der Waals surface area contributed by atoms with E-state index >= 15 is 0 Å². The van der Waals surface area contributed by atoms with E-state index < -0.39 is 10.9 Å². The van der Waals surface area contributed by atoms with Crippen LogP contribution in [-0.4, -0.2) is 22.5 Å². The number of nitro benzene ring substituents is 1. The van der Waals surface area contributed by atoms with Gasteiger partial charge in [0.05, 0.1) is 4.92 Å². The van der Waals surface area contributed by atoms with E-state index in [-0.39, 0.29) is 12.2 Å². The van der Waals surface area contributed by atoms with Crippen LogP contribution in [0.5, 0.6) is 0 Å². The first kappa shape index (κ1) is 11.0. The SMILES string of the molecule is Cc1cc(NCC(=O)O)cc([N+](=O)[O-])c1. The van der Waals surface area contributed by atoms with E-state index in [0.717, 1.165) is 0 Å². The lowest BCUT2D eigenvalue weighted by Gasteiger charge is -2.04. The molecule has 0 aliphatic heterocycles. The lowest BCUT2D eigenvalue weighted by atomic mass is 10.2. The zero-order chi connectivity index (χ0) is 11.4. The van der Waals surface area contributed by atoms with Gasteiger partial charge in [0.2, 0.25) is 0 Å². The molecule has 0 aliphatic carbocycles. The first-order valence-electron chi connectivity index (χ1n) is 4.21. The predicted molar refractivity (Wildman–Crippen MR) is 54.0 cm³/mol. The van der Waals surface area contributed by atoms with Crippen LogP contribution < -0.4 is 5.32 Å². The Morgan fingerprint density at radius 3 is 2.73 bits per heavy atom. The number of hydrogen-bond acceptors (Lipinski definition) is 4. The summed E-state index contributed by atoms with van der Waals surface area (Å²) in [5.74, 6) is -1.01. The molecule has 0 spiro atoms. The molecule has 0 amide bonds. The van der Waals surface area contributed by atoms with Gasteiger partial charge in [0.15, 0.2) is 0 Å². The number of aryl methyl sites for hydroxylation is 1. The Morgan fingerprint density at radius 1 is 1.53 bits per heavy atom. The molecule has 15 heavy (non-hydrogen) atoms. The standard InChI is InChI=1S/C9H10N2O4/c1-6-2-7(10-5-9(12)13)4-8(3-6)11(14)15/h2-4,10H,5H2,1H3,(H,12,13). The Kier molecular flexibility index (Phi) is 3.22. The van der Waals surface area contributed by atoms with Crippen molar-refractivity contribution in [2.75, 3.05) is 11.9 Å². The number of carboxylic acid groups (broad SMARTS) is 1. The van der Waals surface area contributed by atoms with Gasteiger partial charge in [0.25, 0.3) is 5.69 Å². The van der Waals surface area contributed by atoms with Gasteiger partial charge in [-0.2, -0.15) is 0 Å². The summed E-state index contributed by atoms with van der Waals surface area (Å²) in [5, 5.41) is 21.5. The lowest BCUT2D eigenvalue weighted by Crippen LogP contribution is -2.12. The van der Waals surface area contributed by atoms with Crippen LogP contribution in [-0.2, 0) is 4.79 Å². The second kappa shape index (κ2) is 4.41. The molecule has 1 aromatic carbocycles. The highest BCUT2D eigenvalue weighted by atomic mass is 16.6. The molecule has 0 saturated heterocycles. The van der Waals surface area contributed by atoms with E-state index in [2.05, 4.69) is 5.32 Å². The smallest absolute Gasteiger partial charge is 0.322 e. The molecule has 1 rings (SSSR count). The quantitative estimate of drug-likeness (QED) is 0.578. The number of nitro groups is 1. The van der Waals surface area contributed by atoms with Crippen molar-refractivity contribution in [2.45, 2.75) is 6.92 Å². The maximum Gasteiger partial charge on any atom is 0.322 e. The zero-order valence-electron chi connectivity index (χ0n) is 8.06. The van der Waals surface area contributed by atoms with Gasteiger partial charge >= 0.3 is 5.97 Å². The minimum atomic E-state index is -1.01. The highest BCUT2D eigenvalue weighted by Crippen LogP contribution is 2.19. The molecule has 6 heteroatoms. The first-order valence-corrected chi connectivity index (χ1v) is 4.21. The minimum Gasteiger partial charge on any atom is -0.480 e. The third-order valence-corrected chi connectivity index (χ3v) is 1.72. The van der Waals surface area contributed by atoms with Gasteiger partial charge in [0.1, 0.15) is 6.54 Å². The normalized spacial score (nSPS) is 9.67. The van der Waals surface area contributed by atoms with Crippen molar-refractivity contribution in [3.05, 3.63) is 33.9 Å². The summed E-state index contributed by atoms with van der Waals surface area (Å²) in [4.78, 5) is 20.3. The van der Waals surface area contributed by atoms with Crippen molar-refractivity contribution in [2.24, 2.45) is 0 Å². The van der Waals surface area contributed by atoms with Crippen molar-refractivity contribution in [3.63, 3.8) is 0 Å². The number of nitrogens with one attached hydrogen (secondary N) is 1. The average Bonchev–Trinajstić information content (AvgIpc) is 2.13. The number of hydrogen-bond donors (Lipinski definition) is 2. The highest BCUT2D eigenvalue weighted by Gasteiger charge is 2.08. The van der Waals surface area contributed by atoms with Gasteiger partial charge in [-0.1, -0.05) is 0 Å². The van der Waals surface area contributed by atoms with Gasteiger partial charge in [0, 0.05) is 17.8 Å². The van der Waals surface area contributed by atoms with Crippen LogP contribution in [0.25, 0.3) is 0 Å². The van der Waals surface area contributed by atoms with Crippen LogP contribution in [0.4, 0.5) is 11.4 Å². The molecule has 0 saturated carbocycles. The number of aliphatic carboxylic acids is 1. The van der Waals surface area contributed by atoms with E-state index in [4.69, 9.17) is 5.11 Å². The topological polar surface area (TPSA) is 92.5 Å². The molecule has 1 aromatic rings. The molecule has 80 valence electrons. The molecule has 0 heterocycles. The summed E-state index contributed by atoms with van der Waals surface area (Å²) in [6, 6.07) is 4.37. The maximum atomic E-state index is 10.5. The average molecular weight is 210 g/mol. The predicted octanol–water partition coefficient (Wildman–Crippen LogP) is 1.40. The fourth-order valence-corrected chi connectivity index (χ4v) is 1.15. The van der Waals surface area contributed by atoms with Crippen molar-refractivity contribution < 1.29 is 14.8 Å². The Hall–Kier alpha value is -2.11. The van der Waals surface area contributed by atoms with E-state index in [9.17, 15) is 14.9 Å².